The summed E-state index contributed by atoms with van der Waals surface area (Å²) in [7, 11) is 0. The van der Waals surface area contributed by atoms with E-state index >= 15 is 0 Å². The molecule has 1 saturated heterocycles. The number of rotatable bonds is 4. The Kier molecular flexibility index (Phi) is 6.44. The van der Waals surface area contributed by atoms with E-state index in [4.69, 9.17) is 0 Å². The molecule has 0 radical (unpaired) electrons. The Hall–Kier alpha value is -2.32. The van der Waals surface area contributed by atoms with Crippen molar-refractivity contribution in [1.82, 2.24) is 10.2 Å². The van der Waals surface area contributed by atoms with Gasteiger partial charge in [-0.05, 0) is 37.5 Å². The minimum atomic E-state index is -4.79. The number of likely N-dealkylation sites (tertiary alicyclic amines) is 1. The van der Waals surface area contributed by atoms with Gasteiger partial charge in [-0.15, -0.1) is 0 Å². The molecular weight excluding hydrogens is 354 g/mol. The highest BCUT2D eigenvalue weighted by molar-refractivity contribution is 5.93. The number of benzene rings is 1. The molecule has 5 nitrogen and oxygen atoms in total. The molecule has 0 aromatic heterocycles. The molecule has 2 rings (SSSR count). The summed E-state index contributed by atoms with van der Waals surface area (Å²) in [5.74, 6) is -2.39. The Labute approximate surface area is 148 Å². The number of halogens is 4. The normalized spacial score (nSPS) is 17.7. The van der Waals surface area contributed by atoms with E-state index in [0.717, 1.165) is 12.5 Å². The fourth-order valence-electron chi connectivity index (χ4n) is 2.79. The second-order valence-corrected chi connectivity index (χ2v) is 6.20. The molecule has 1 heterocycles. The van der Waals surface area contributed by atoms with Gasteiger partial charge in [-0.25, -0.2) is 9.18 Å². The van der Waals surface area contributed by atoms with Crippen LogP contribution in [0.1, 0.15) is 31.7 Å². The summed E-state index contributed by atoms with van der Waals surface area (Å²) in [6.45, 7) is 3.21. The van der Waals surface area contributed by atoms with Crippen molar-refractivity contribution >= 4 is 17.6 Å². The molecule has 0 aliphatic carbocycles. The molecule has 1 aromatic carbocycles. The second-order valence-electron chi connectivity index (χ2n) is 6.20. The number of urea groups is 1. The Balaban J connectivity index is 1.99. The van der Waals surface area contributed by atoms with Crippen LogP contribution in [-0.4, -0.2) is 36.5 Å². The lowest BCUT2D eigenvalue weighted by molar-refractivity contribution is -0.140. The number of amides is 3. The highest BCUT2D eigenvalue weighted by Crippen LogP contribution is 2.32. The van der Waals surface area contributed by atoms with Gasteiger partial charge in [-0.3, -0.25) is 4.79 Å². The molecule has 2 N–H and O–H groups in total. The van der Waals surface area contributed by atoms with E-state index in [0.29, 0.717) is 38.1 Å². The Bertz CT molecular complexity index is 664. The molecule has 0 spiro atoms. The summed E-state index contributed by atoms with van der Waals surface area (Å²) < 4.78 is 51.3. The summed E-state index contributed by atoms with van der Waals surface area (Å²) in [6, 6.07) is 2.01. The third-order valence-corrected chi connectivity index (χ3v) is 4.15. The van der Waals surface area contributed by atoms with E-state index in [1.807, 2.05) is 6.92 Å². The molecule has 3 amide bonds. The molecule has 0 saturated carbocycles. The van der Waals surface area contributed by atoms with Gasteiger partial charge in [0.05, 0.1) is 11.5 Å². The number of carbonyl (C=O) groups excluding carboxylic acids is 2. The Morgan fingerprint density at radius 3 is 2.65 bits per heavy atom. The number of anilines is 1. The average Bonchev–Trinajstić information content (AvgIpc) is 2.58. The van der Waals surface area contributed by atoms with E-state index in [-0.39, 0.29) is 18.3 Å². The minimum Gasteiger partial charge on any atom is -0.338 e. The number of alkyl halides is 3. The summed E-state index contributed by atoms with van der Waals surface area (Å²) >= 11 is 0. The number of piperidine rings is 1. The summed E-state index contributed by atoms with van der Waals surface area (Å²) in [5.41, 5.74) is -1.43. The fraction of sp³-hybridized carbons (Fsp3) is 0.529. The summed E-state index contributed by atoms with van der Waals surface area (Å²) in [4.78, 5) is 25.9. The first-order valence-electron chi connectivity index (χ1n) is 8.42. The highest BCUT2D eigenvalue weighted by Gasteiger charge is 2.34. The number of hydrogen-bond donors (Lipinski definition) is 2. The van der Waals surface area contributed by atoms with Crippen molar-refractivity contribution in [1.29, 1.82) is 0 Å². The fourth-order valence-corrected chi connectivity index (χ4v) is 2.79. The van der Waals surface area contributed by atoms with Crippen molar-refractivity contribution in [2.45, 2.75) is 32.4 Å². The molecule has 1 aliphatic heterocycles. The third-order valence-electron chi connectivity index (χ3n) is 4.15. The van der Waals surface area contributed by atoms with Gasteiger partial charge in [0.15, 0.2) is 0 Å². The van der Waals surface area contributed by atoms with Gasteiger partial charge in [-0.2, -0.15) is 13.2 Å². The lowest BCUT2D eigenvalue weighted by atomic mass is 9.97. The van der Waals surface area contributed by atoms with Crippen LogP contribution in [0, 0.1) is 11.7 Å². The predicted octanol–water partition coefficient (Wildman–Crippen LogP) is 3.61. The van der Waals surface area contributed by atoms with Crippen LogP contribution < -0.4 is 10.6 Å². The molecule has 1 aromatic rings. The molecule has 1 atom stereocenters. The maximum atomic E-state index is 13.6. The minimum absolute atomic E-state index is 0.0481. The highest BCUT2D eigenvalue weighted by atomic mass is 19.4. The topological polar surface area (TPSA) is 61.4 Å². The third kappa shape index (κ3) is 5.09. The second kappa shape index (κ2) is 8.37. The van der Waals surface area contributed by atoms with Gasteiger partial charge in [0.25, 0.3) is 0 Å². The lowest BCUT2D eigenvalue weighted by Crippen LogP contribution is -2.48. The summed E-state index contributed by atoms with van der Waals surface area (Å²) in [5, 5.41) is 5.17. The number of hydrogen-bond acceptors (Lipinski definition) is 2. The van der Waals surface area contributed by atoms with Crippen molar-refractivity contribution in [3.8, 4) is 0 Å². The van der Waals surface area contributed by atoms with Gasteiger partial charge in [0, 0.05) is 25.3 Å². The average molecular weight is 375 g/mol. The van der Waals surface area contributed by atoms with E-state index in [9.17, 15) is 27.2 Å². The van der Waals surface area contributed by atoms with Gasteiger partial charge < -0.3 is 15.5 Å². The van der Waals surface area contributed by atoms with Gasteiger partial charge in [-0.1, -0.05) is 6.92 Å². The standard InChI is InChI=1S/C17H21F4N3O2/c1-2-7-22-16(26)24-8-3-4-11(10-24)15(25)23-12-5-6-13(14(18)9-12)17(19,20)21/h5-6,9,11H,2-4,7-8,10H2,1H3,(H,22,26)(H,23,25). The van der Waals surface area contributed by atoms with E-state index in [1.54, 1.807) is 0 Å². The number of nitrogens with one attached hydrogen (secondary N) is 2. The van der Waals surface area contributed by atoms with E-state index in [1.165, 1.54) is 4.90 Å². The molecule has 1 aliphatic rings. The Morgan fingerprint density at radius 1 is 1.31 bits per heavy atom. The molecule has 1 unspecified atom stereocenters. The maximum Gasteiger partial charge on any atom is 0.419 e. The van der Waals surface area contributed by atoms with Crippen LogP contribution in [-0.2, 0) is 11.0 Å². The predicted molar refractivity (Wildman–Crippen MR) is 88.0 cm³/mol. The van der Waals surface area contributed by atoms with Crippen molar-refractivity contribution in [2.75, 3.05) is 25.0 Å². The van der Waals surface area contributed by atoms with Crippen LogP contribution in [0.3, 0.4) is 0 Å². The van der Waals surface area contributed by atoms with Crippen LogP contribution in [0.2, 0.25) is 0 Å². The van der Waals surface area contributed by atoms with Gasteiger partial charge in [0.2, 0.25) is 5.91 Å². The number of nitrogens with zero attached hydrogens (tertiary/aromatic N) is 1. The van der Waals surface area contributed by atoms with Crippen molar-refractivity contribution in [3.63, 3.8) is 0 Å². The quantitative estimate of drug-likeness (QED) is 0.790. The molecule has 144 valence electrons. The largest absolute Gasteiger partial charge is 0.419 e. The monoisotopic (exact) mass is 375 g/mol. The van der Waals surface area contributed by atoms with Crippen LogP contribution in [0.25, 0.3) is 0 Å². The van der Waals surface area contributed by atoms with Crippen molar-refractivity contribution in [2.24, 2.45) is 5.92 Å². The smallest absolute Gasteiger partial charge is 0.338 e. The van der Waals surface area contributed by atoms with E-state index < -0.39 is 29.4 Å². The molecular formula is C17H21F4N3O2. The van der Waals surface area contributed by atoms with Crippen LogP contribution in [0.4, 0.5) is 28.0 Å². The molecule has 1 fully saturated rings. The summed E-state index contributed by atoms with van der Waals surface area (Å²) in [6.07, 6.45) is -2.81. The lowest BCUT2D eigenvalue weighted by Gasteiger charge is -2.32. The van der Waals surface area contributed by atoms with Crippen molar-refractivity contribution < 1.29 is 27.2 Å². The van der Waals surface area contributed by atoms with Gasteiger partial charge >= 0.3 is 12.2 Å². The first-order valence-corrected chi connectivity index (χ1v) is 8.42. The zero-order valence-corrected chi connectivity index (χ0v) is 14.3. The first kappa shape index (κ1) is 20.0. The maximum absolute atomic E-state index is 13.6. The van der Waals surface area contributed by atoms with Crippen LogP contribution in [0.5, 0.6) is 0 Å². The zero-order valence-electron chi connectivity index (χ0n) is 14.3. The molecule has 26 heavy (non-hydrogen) atoms. The van der Waals surface area contributed by atoms with E-state index in [2.05, 4.69) is 10.6 Å². The zero-order chi connectivity index (χ0) is 19.3. The first-order chi connectivity index (χ1) is 12.2. The Morgan fingerprint density at radius 2 is 2.04 bits per heavy atom. The number of carbonyl (C=O) groups is 2. The SMILES string of the molecule is CCCNC(=O)N1CCCC(C(=O)Nc2ccc(C(F)(F)F)c(F)c2)C1. The van der Waals surface area contributed by atoms with Crippen LogP contribution in [0.15, 0.2) is 18.2 Å². The van der Waals surface area contributed by atoms with Crippen LogP contribution >= 0.6 is 0 Å². The molecule has 9 heteroatoms. The van der Waals surface area contributed by atoms with Crippen molar-refractivity contribution in [3.05, 3.63) is 29.6 Å². The molecule has 0 bridgehead atoms. The van der Waals surface area contributed by atoms with Gasteiger partial charge in [0.1, 0.15) is 5.82 Å².